The second-order valence-electron chi connectivity index (χ2n) is 8.80. The first-order chi connectivity index (χ1) is 12.0. The van der Waals surface area contributed by atoms with E-state index in [1.54, 1.807) is 18.2 Å². The summed E-state index contributed by atoms with van der Waals surface area (Å²) in [5.41, 5.74) is 3.73. The fraction of sp³-hybridized carbons (Fsp3) is 0.429. The van der Waals surface area contributed by atoms with E-state index in [9.17, 15) is 9.50 Å². The van der Waals surface area contributed by atoms with Gasteiger partial charge in [-0.3, -0.25) is 0 Å². The normalized spacial score (nSPS) is 12.7. The number of phenolic OH excluding ortho intramolecular Hbond substituents is 1. The van der Waals surface area contributed by atoms with E-state index in [0.29, 0.717) is 22.3 Å². The highest BCUT2D eigenvalue weighted by Crippen LogP contribution is 2.39. The lowest BCUT2D eigenvalue weighted by Gasteiger charge is -2.27. The summed E-state index contributed by atoms with van der Waals surface area (Å²) in [7, 11) is 0. The molecule has 0 amide bonds. The Morgan fingerprint density at radius 2 is 1.69 bits per heavy atom. The van der Waals surface area contributed by atoms with Gasteiger partial charge in [0.1, 0.15) is 29.1 Å². The van der Waals surface area contributed by atoms with Gasteiger partial charge < -0.3 is 5.11 Å². The third-order valence-electron chi connectivity index (χ3n) is 4.62. The van der Waals surface area contributed by atoms with Crippen molar-refractivity contribution in [3.63, 3.8) is 0 Å². The molecule has 0 atom stereocenters. The van der Waals surface area contributed by atoms with E-state index in [-0.39, 0.29) is 16.6 Å². The Morgan fingerprint density at radius 1 is 1.00 bits per heavy atom. The molecule has 3 aromatic rings. The van der Waals surface area contributed by atoms with Crippen molar-refractivity contribution in [2.45, 2.75) is 59.0 Å². The molecule has 0 fully saturated rings. The van der Waals surface area contributed by atoms with Crippen molar-refractivity contribution in [2.75, 3.05) is 0 Å². The average Bonchev–Trinajstić information content (AvgIpc) is 2.96. The van der Waals surface area contributed by atoms with Crippen LogP contribution >= 0.6 is 0 Å². The largest absolute Gasteiger partial charge is 0.505 e. The lowest BCUT2D eigenvalue weighted by atomic mass is 9.80. The topological polar surface area (TPSA) is 50.9 Å². The smallest absolute Gasteiger partial charge is 0.146 e. The van der Waals surface area contributed by atoms with Crippen molar-refractivity contribution in [1.29, 1.82) is 0 Å². The Balaban J connectivity index is 2.31. The number of aromatic hydroxyl groups is 1. The van der Waals surface area contributed by atoms with E-state index in [2.05, 4.69) is 57.8 Å². The van der Waals surface area contributed by atoms with Gasteiger partial charge in [-0.15, -0.1) is 15.0 Å². The molecule has 4 nitrogen and oxygen atoms in total. The van der Waals surface area contributed by atoms with E-state index in [1.807, 2.05) is 6.07 Å². The molecule has 1 aromatic heterocycles. The van der Waals surface area contributed by atoms with Gasteiger partial charge in [-0.05, 0) is 28.5 Å². The number of nitrogens with zero attached hydrogens (tertiary/aromatic N) is 3. The van der Waals surface area contributed by atoms with E-state index in [1.165, 1.54) is 4.80 Å². The van der Waals surface area contributed by atoms with Gasteiger partial charge in [0.05, 0.1) is 0 Å². The third-order valence-corrected chi connectivity index (χ3v) is 4.62. The first-order valence-corrected chi connectivity index (χ1v) is 8.81. The Morgan fingerprint density at radius 3 is 2.27 bits per heavy atom. The highest BCUT2D eigenvalue weighted by molar-refractivity contribution is 5.77. The monoisotopic (exact) mass is 355 g/mol. The zero-order chi connectivity index (χ0) is 19.3. The highest BCUT2D eigenvalue weighted by Gasteiger charge is 2.26. The SMILES string of the molecule is CC(C)(C)c1cc(-n2nc3cccc(CF)c3n2)c(O)c(C(C)(C)C)c1. The van der Waals surface area contributed by atoms with Gasteiger partial charge >= 0.3 is 0 Å². The quantitative estimate of drug-likeness (QED) is 0.688. The van der Waals surface area contributed by atoms with Crippen LogP contribution in [0.3, 0.4) is 0 Å². The Labute approximate surface area is 153 Å². The molecular formula is C21H26FN3O. The molecule has 1 N–H and O–H groups in total. The van der Waals surface area contributed by atoms with Crippen LogP contribution in [-0.2, 0) is 17.5 Å². The predicted molar refractivity (Wildman–Crippen MR) is 103 cm³/mol. The van der Waals surface area contributed by atoms with Crippen LogP contribution in [0, 0.1) is 0 Å². The molecule has 0 aliphatic rings. The molecule has 0 unspecified atom stereocenters. The summed E-state index contributed by atoms with van der Waals surface area (Å²) in [4.78, 5) is 1.42. The van der Waals surface area contributed by atoms with Crippen LogP contribution in [-0.4, -0.2) is 20.1 Å². The van der Waals surface area contributed by atoms with Crippen LogP contribution in [0.1, 0.15) is 58.2 Å². The number of rotatable bonds is 2. The molecule has 0 saturated carbocycles. The minimum absolute atomic E-state index is 0.0981. The van der Waals surface area contributed by atoms with Gasteiger partial charge in [0.15, 0.2) is 0 Å². The van der Waals surface area contributed by atoms with Crippen LogP contribution in [0.15, 0.2) is 30.3 Å². The van der Waals surface area contributed by atoms with Gasteiger partial charge in [-0.2, -0.15) is 0 Å². The van der Waals surface area contributed by atoms with Crippen molar-refractivity contribution in [1.82, 2.24) is 15.0 Å². The second-order valence-corrected chi connectivity index (χ2v) is 8.80. The van der Waals surface area contributed by atoms with Crippen LogP contribution in [0.2, 0.25) is 0 Å². The molecule has 0 spiro atoms. The lowest BCUT2D eigenvalue weighted by Crippen LogP contribution is -2.18. The molecule has 0 aliphatic carbocycles. The van der Waals surface area contributed by atoms with Crippen molar-refractivity contribution < 1.29 is 9.50 Å². The van der Waals surface area contributed by atoms with Crippen molar-refractivity contribution in [2.24, 2.45) is 0 Å². The third kappa shape index (κ3) is 3.18. The van der Waals surface area contributed by atoms with Gasteiger partial charge in [0.25, 0.3) is 0 Å². The summed E-state index contributed by atoms with van der Waals surface area (Å²) >= 11 is 0. The molecule has 0 aliphatic heterocycles. The summed E-state index contributed by atoms with van der Waals surface area (Å²) in [6, 6.07) is 9.23. The van der Waals surface area contributed by atoms with Crippen molar-refractivity contribution in [3.8, 4) is 11.4 Å². The maximum absolute atomic E-state index is 13.3. The second kappa shape index (κ2) is 6.08. The molecule has 0 saturated heterocycles. The zero-order valence-corrected chi connectivity index (χ0v) is 16.3. The fourth-order valence-corrected chi connectivity index (χ4v) is 2.98. The average molecular weight is 355 g/mol. The summed E-state index contributed by atoms with van der Waals surface area (Å²) < 4.78 is 13.3. The Kier molecular flexibility index (Phi) is 4.29. The molecule has 2 aromatic carbocycles. The summed E-state index contributed by atoms with van der Waals surface area (Å²) in [6.07, 6.45) is 0. The Bertz CT molecular complexity index is 962. The van der Waals surface area contributed by atoms with Crippen LogP contribution in [0.25, 0.3) is 16.7 Å². The fourth-order valence-electron chi connectivity index (χ4n) is 2.98. The van der Waals surface area contributed by atoms with E-state index < -0.39 is 6.67 Å². The molecule has 5 heteroatoms. The molecule has 26 heavy (non-hydrogen) atoms. The standard InChI is InChI=1S/C21H26FN3O/c1-20(2,3)14-10-15(21(4,5)6)19(26)17(11-14)25-23-16-9-7-8-13(12-22)18(16)24-25/h7-11,26H,12H2,1-6H3. The number of fused-ring (bicyclic) bond motifs is 1. The Hall–Kier alpha value is -2.43. The molecule has 3 rings (SSSR count). The number of phenols is 1. The van der Waals surface area contributed by atoms with E-state index >= 15 is 0 Å². The minimum atomic E-state index is -0.600. The number of aromatic nitrogens is 3. The lowest BCUT2D eigenvalue weighted by molar-refractivity contribution is 0.438. The van der Waals surface area contributed by atoms with E-state index in [4.69, 9.17) is 0 Å². The van der Waals surface area contributed by atoms with Gasteiger partial charge in [-0.25, -0.2) is 4.39 Å². The summed E-state index contributed by atoms with van der Waals surface area (Å²) in [5.74, 6) is 0.160. The summed E-state index contributed by atoms with van der Waals surface area (Å²) in [6.45, 7) is 12.0. The number of hydrogen-bond acceptors (Lipinski definition) is 3. The number of hydrogen-bond donors (Lipinski definition) is 1. The minimum Gasteiger partial charge on any atom is -0.505 e. The number of benzene rings is 2. The molecule has 0 bridgehead atoms. The molecule has 0 radical (unpaired) electrons. The van der Waals surface area contributed by atoms with Crippen molar-refractivity contribution in [3.05, 3.63) is 47.0 Å². The van der Waals surface area contributed by atoms with Gasteiger partial charge in [-0.1, -0.05) is 59.7 Å². The van der Waals surface area contributed by atoms with Crippen molar-refractivity contribution >= 4 is 11.0 Å². The van der Waals surface area contributed by atoms with Crippen LogP contribution in [0.5, 0.6) is 5.75 Å². The first-order valence-electron chi connectivity index (χ1n) is 8.81. The molecular weight excluding hydrogens is 329 g/mol. The van der Waals surface area contributed by atoms with Crippen LogP contribution in [0.4, 0.5) is 4.39 Å². The predicted octanol–water partition coefficient (Wildman–Crippen LogP) is 5.19. The maximum atomic E-state index is 13.3. The summed E-state index contributed by atoms with van der Waals surface area (Å²) in [5, 5.41) is 19.9. The number of alkyl halides is 1. The first kappa shape index (κ1) is 18.4. The van der Waals surface area contributed by atoms with Gasteiger partial charge in [0.2, 0.25) is 0 Å². The molecule has 138 valence electrons. The zero-order valence-electron chi connectivity index (χ0n) is 16.3. The maximum Gasteiger partial charge on any atom is 0.146 e. The molecule has 1 heterocycles. The van der Waals surface area contributed by atoms with Crippen LogP contribution < -0.4 is 0 Å². The number of halogens is 1. The highest BCUT2D eigenvalue weighted by atomic mass is 19.1. The van der Waals surface area contributed by atoms with E-state index in [0.717, 1.165) is 11.1 Å². The van der Waals surface area contributed by atoms with Gasteiger partial charge in [0, 0.05) is 11.1 Å².